The lowest BCUT2D eigenvalue weighted by Crippen LogP contribution is -2.17. The Morgan fingerprint density at radius 2 is 2.24 bits per heavy atom. The quantitative estimate of drug-likeness (QED) is 0.812. The van der Waals surface area contributed by atoms with Crippen LogP contribution in [-0.4, -0.2) is 34.0 Å². The van der Waals surface area contributed by atoms with E-state index in [0.717, 1.165) is 12.7 Å². The van der Waals surface area contributed by atoms with Gasteiger partial charge in [0.15, 0.2) is 9.84 Å². The fourth-order valence-electron chi connectivity index (χ4n) is 1.74. The van der Waals surface area contributed by atoms with Crippen LogP contribution in [0.2, 0.25) is 0 Å². The van der Waals surface area contributed by atoms with E-state index in [4.69, 9.17) is 15.2 Å². The highest BCUT2D eigenvalue weighted by Crippen LogP contribution is 2.30. The first-order chi connectivity index (χ1) is 7.98. The van der Waals surface area contributed by atoms with Gasteiger partial charge in [-0.2, -0.15) is 0 Å². The van der Waals surface area contributed by atoms with Crippen LogP contribution in [0.25, 0.3) is 0 Å². The molecule has 1 saturated heterocycles. The third-order valence-electron chi connectivity index (χ3n) is 2.61. The fraction of sp³-hybridized carbons (Fsp3) is 0.455. The highest BCUT2D eigenvalue weighted by molar-refractivity contribution is 7.90. The summed E-state index contributed by atoms with van der Waals surface area (Å²) in [5.74, 6) is 0.406. The van der Waals surface area contributed by atoms with Crippen molar-refractivity contribution in [1.82, 2.24) is 0 Å². The van der Waals surface area contributed by atoms with Crippen LogP contribution in [0.3, 0.4) is 0 Å². The lowest BCUT2D eigenvalue weighted by Gasteiger charge is -2.15. The maximum atomic E-state index is 11.5. The maximum absolute atomic E-state index is 11.5. The normalized spacial score (nSPS) is 20.4. The summed E-state index contributed by atoms with van der Waals surface area (Å²) in [6.45, 7) is 1.18. The van der Waals surface area contributed by atoms with Gasteiger partial charge in [-0.15, -0.1) is 0 Å². The number of para-hydroxylation sites is 1. The predicted octanol–water partition coefficient (Wildman–Crippen LogP) is 0.840. The Balaban J connectivity index is 2.29. The van der Waals surface area contributed by atoms with Crippen molar-refractivity contribution in [3.8, 4) is 5.75 Å². The van der Waals surface area contributed by atoms with E-state index in [0.29, 0.717) is 19.0 Å². The van der Waals surface area contributed by atoms with Gasteiger partial charge in [0.05, 0.1) is 23.8 Å². The second kappa shape index (κ2) is 4.54. The Morgan fingerprint density at radius 3 is 2.82 bits per heavy atom. The molecule has 2 N–H and O–H groups in total. The van der Waals surface area contributed by atoms with Crippen molar-refractivity contribution >= 4 is 15.5 Å². The standard InChI is InChI=1S/C11H15NO4S/c1-17(13,14)10-4-2-3-9(11(10)12)16-8-5-6-15-7-8/h2-4,8H,5-7,12H2,1H3. The molecule has 0 aliphatic carbocycles. The van der Waals surface area contributed by atoms with Crippen molar-refractivity contribution in [2.45, 2.75) is 17.4 Å². The summed E-state index contributed by atoms with van der Waals surface area (Å²) in [5.41, 5.74) is 5.97. The van der Waals surface area contributed by atoms with E-state index in [-0.39, 0.29) is 16.7 Å². The largest absolute Gasteiger partial charge is 0.486 e. The predicted molar refractivity (Wildman–Crippen MR) is 63.8 cm³/mol. The molecular weight excluding hydrogens is 242 g/mol. The van der Waals surface area contributed by atoms with Gasteiger partial charge in [-0.1, -0.05) is 6.07 Å². The Morgan fingerprint density at radius 1 is 1.47 bits per heavy atom. The lowest BCUT2D eigenvalue weighted by molar-refractivity contribution is 0.141. The zero-order valence-corrected chi connectivity index (χ0v) is 10.4. The van der Waals surface area contributed by atoms with Crippen LogP contribution < -0.4 is 10.5 Å². The molecule has 94 valence electrons. The molecule has 1 unspecified atom stereocenters. The van der Waals surface area contributed by atoms with Gasteiger partial charge in [-0.3, -0.25) is 0 Å². The number of anilines is 1. The van der Waals surface area contributed by atoms with E-state index in [1.807, 2.05) is 0 Å². The van der Waals surface area contributed by atoms with Crippen molar-refractivity contribution < 1.29 is 17.9 Å². The molecule has 1 heterocycles. The minimum absolute atomic E-state index is 0.0490. The molecule has 0 amide bonds. The zero-order chi connectivity index (χ0) is 12.5. The summed E-state index contributed by atoms with van der Waals surface area (Å²) in [4.78, 5) is 0.105. The third-order valence-corrected chi connectivity index (χ3v) is 3.76. The van der Waals surface area contributed by atoms with Gasteiger partial charge >= 0.3 is 0 Å². The second-order valence-electron chi connectivity index (χ2n) is 4.04. The van der Waals surface area contributed by atoms with Crippen LogP contribution in [0, 0.1) is 0 Å². The van der Waals surface area contributed by atoms with Crippen molar-refractivity contribution in [3.05, 3.63) is 18.2 Å². The minimum Gasteiger partial charge on any atom is -0.486 e. The molecule has 1 fully saturated rings. The molecule has 1 aliphatic rings. The van der Waals surface area contributed by atoms with E-state index in [9.17, 15) is 8.42 Å². The molecule has 6 heteroatoms. The van der Waals surface area contributed by atoms with Gasteiger partial charge in [-0.05, 0) is 12.1 Å². The molecule has 0 saturated carbocycles. The molecular formula is C11H15NO4S. The van der Waals surface area contributed by atoms with E-state index in [1.165, 1.54) is 6.07 Å². The van der Waals surface area contributed by atoms with E-state index >= 15 is 0 Å². The first-order valence-corrected chi connectivity index (χ1v) is 7.20. The van der Waals surface area contributed by atoms with Crippen molar-refractivity contribution in [3.63, 3.8) is 0 Å². The molecule has 2 rings (SSSR count). The summed E-state index contributed by atoms with van der Waals surface area (Å²) < 4.78 is 33.8. The van der Waals surface area contributed by atoms with Gasteiger partial charge in [0.25, 0.3) is 0 Å². The molecule has 17 heavy (non-hydrogen) atoms. The van der Waals surface area contributed by atoms with Gasteiger partial charge in [0, 0.05) is 12.7 Å². The average molecular weight is 257 g/mol. The molecule has 1 atom stereocenters. The second-order valence-corrected chi connectivity index (χ2v) is 6.03. The lowest BCUT2D eigenvalue weighted by atomic mass is 10.2. The van der Waals surface area contributed by atoms with Crippen LogP contribution in [0.5, 0.6) is 5.75 Å². The number of benzene rings is 1. The fourth-order valence-corrected chi connectivity index (χ4v) is 2.56. The van der Waals surface area contributed by atoms with Gasteiger partial charge in [-0.25, -0.2) is 8.42 Å². The molecule has 1 aromatic rings. The summed E-state index contributed by atoms with van der Waals surface area (Å²) in [7, 11) is -3.33. The first kappa shape index (κ1) is 12.2. The van der Waals surface area contributed by atoms with E-state index in [1.54, 1.807) is 12.1 Å². The number of ether oxygens (including phenoxy) is 2. The molecule has 0 spiro atoms. The molecule has 0 radical (unpaired) electrons. The molecule has 5 nitrogen and oxygen atoms in total. The number of nitrogen functional groups attached to an aromatic ring is 1. The number of rotatable bonds is 3. The number of hydrogen-bond acceptors (Lipinski definition) is 5. The average Bonchev–Trinajstić information content (AvgIpc) is 2.72. The molecule has 0 bridgehead atoms. The van der Waals surface area contributed by atoms with Crippen LogP contribution in [0.1, 0.15) is 6.42 Å². The van der Waals surface area contributed by atoms with Crippen LogP contribution in [-0.2, 0) is 14.6 Å². The maximum Gasteiger partial charge on any atom is 0.177 e. The van der Waals surface area contributed by atoms with Crippen molar-refractivity contribution in [2.24, 2.45) is 0 Å². The van der Waals surface area contributed by atoms with Crippen molar-refractivity contribution in [2.75, 3.05) is 25.2 Å². The zero-order valence-electron chi connectivity index (χ0n) is 9.55. The monoisotopic (exact) mass is 257 g/mol. The van der Waals surface area contributed by atoms with Gasteiger partial charge in [0.2, 0.25) is 0 Å². The molecule has 1 aromatic carbocycles. The number of hydrogen-bond donors (Lipinski definition) is 1. The van der Waals surface area contributed by atoms with Crippen LogP contribution in [0.4, 0.5) is 5.69 Å². The van der Waals surface area contributed by atoms with E-state index in [2.05, 4.69) is 0 Å². The summed E-state index contributed by atoms with van der Waals surface area (Å²) >= 11 is 0. The number of nitrogens with two attached hydrogens (primary N) is 1. The van der Waals surface area contributed by atoms with Gasteiger partial charge in [0.1, 0.15) is 11.9 Å². The minimum atomic E-state index is -3.33. The smallest absolute Gasteiger partial charge is 0.177 e. The topological polar surface area (TPSA) is 78.6 Å². The van der Waals surface area contributed by atoms with Crippen LogP contribution in [0.15, 0.2) is 23.1 Å². The SMILES string of the molecule is CS(=O)(=O)c1cccc(OC2CCOC2)c1N. The van der Waals surface area contributed by atoms with Crippen molar-refractivity contribution in [1.29, 1.82) is 0 Å². The Hall–Kier alpha value is -1.27. The summed E-state index contributed by atoms with van der Waals surface area (Å²) in [6.07, 6.45) is 1.87. The third kappa shape index (κ3) is 2.70. The Bertz CT molecular complexity index is 506. The highest BCUT2D eigenvalue weighted by atomic mass is 32.2. The highest BCUT2D eigenvalue weighted by Gasteiger charge is 2.20. The summed E-state index contributed by atoms with van der Waals surface area (Å²) in [5, 5.41) is 0. The summed E-state index contributed by atoms with van der Waals surface area (Å²) in [6, 6.07) is 4.77. The molecule has 0 aromatic heterocycles. The molecule has 1 aliphatic heterocycles. The Kier molecular flexibility index (Phi) is 3.26. The van der Waals surface area contributed by atoms with Gasteiger partial charge < -0.3 is 15.2 Å². The van der Waals surface area contributed by atoms with Crippen LogP contribution >= 0.6 is 0 Å². The first-order valence-electron chi connectivity index (χ1n) is 5.31. The Labute approximate surface area is 100 Å². The van der Waals surface area contributed by atoms with E-state index < -0.39 is 9.84 Å². The number of sulfone groups is 1.